The van der Waals surface area contributed by atoms with Crippen LogP contribution in [0.5, 0.6) is 0 Å². The number of carbonyl (C=O) groups excluding carboxylic acids is 1. The Morgan fingerprint density at radius 3 is 2.96 bits per heavy atom. The van der Waals surface area contributed by atoms with E-state index in [1.165, 1.54) is 0 Å². The molecule has 1 saturated heterocycles. The number of H-pyrrole nitrogens is 1. The Morgan fingerprint density at radius 1 is 1.30 bits per heavy atom. The first-order valence-electron chi connectivity index (χ1n) is 7.94. The number of aryl methyl sites for hydroxylation is 1. The van der Waals surface area contributed by atoms with Gasteiger partial charge in [-0.2, -0.15) is 5.10 Å². The van der Waals surface area contributed by atoms with Crippen LogP contribution in [0.4, 0.5) is 0 Å². The summed E-state index contributed by atoms with van der Waals surface area (Å²) in [5.74, 6) is 1.24. The Morgan fingerprint density at radius 2 is 2.17 bits per heavy atom. The fourth-order valence-electron chi connectivity index (χ4n) is 3.24. The van der Waals surface area contributed by atoms with Crippen LogP contribution in [0.15, 0.2) is 36.5 Å². The molecule has 118 valence electrons. The molecule has 3 heterocycles. The van der Waals surface area contributed by atoms with Crippen molar-refractivity contribution < 1.29 is 4.79 Å². The van der Waals surface area contributed by atoms with Crippen molar-refractivity contribution in [3.05, 3.63) is 48.0 Å². The summed E-state index contributed by atoms with van der Waals surface area (Å²) in [6.45, 7) is 1.47. The number of carbonyl (C=O) groups is 1. The Balaban J connectivity index is 1.55. The third-order valence-corrected chi connectivity index (χ3v) is 4.44. The molecule has 0 aliphatic carbocycles. The summed E-state index contributed by atoms with van der Waals surface area (Å²) in [5, 5.41) is 4.22. The second-order valence-corrected chi connectivity index (χ2v) is 6.10. The molecule has 1 fully saturated rings. The maximum absolute atomic E-state index is 12.6. The monoisotopic (exact) mass is 309 g/mol. The van der Waals surface area contributed by atoms with E-state index < -0.39 is 0 Å². The van der Waals surface area contributed by atoms with E-state index >= 15 is 0 Å². The molecule has 1 aliphatic heterocycles. The molecule has 2 aromatic heterocycles. The first kappa shape index (κ1) is 14.0. The molecular formula is C17H19N5O. The van der Waals surface area contributed by atoms with Gasteiger partial charge in [-0.15, -0.1) is 0 Å². The smallest absolute Gasteiger partial charge is 0.274 e. The normalized spacial score (nSPS) is 18.5. The van der Waals surface area contributed by atoms with Gasteiger partial charge in [0.1, 0.15) is 11.5 Å². The van der Waals surface area contributed by atoms with Gasteiger partial charge in [0.05, 0.1) is 11.0 Å². The summed E-state index contributed by atoms with van der Waals surface area (Å²) in [6, 6.07) is 9.81. The van der Waals surface area contributed by atoms with Gasteiger partial charge in [-0.25, -0.2) is 4.98 Å². The van der Waals surface area contributed by atoms with Gasteiger partial charge < -0.3 is 9.88 Å². The highest BCUT2D eigenvalue weighted by molar-refractivity contribution is 5.92. The molecule has 0 saturated carbocycles. The van der Waals surface area contributed by atoms with Gasteiger partial charge in [-0.05, 0) is 31.0 Å². The number of aromatic nitrogens is 4. The standard InChI is InChI=1S/C17H19N5O/c1-21-10-8-15(20-21)17(23)22-9-4-5-12(11-22)16-18-13-6-2-3-7-14(13)19-16/h2-3,6-8,10,12H,4-5,9,11H2,1H3,(H,18,19). The zero-order chi connectivity index (χ0) is 15.8. The van der Waals surface area contributed by atoms with Crippen LogP contribution in [0.25, 0.3) is 11.0 Å². The Kier molecular flexibility index (Phi) is 3.37. The van der Waals surface area contributed by atoms with Gasteiger partial charge in [-0.3, -0.25) is 9.48 Å². The quantitative estimate of drug-likeness (QED) is 0.790. The number of nitrogens with one attached hydrogen (secondary N) is 1. The average Bonchev–Trinajstić information content (AvgIpc) is 3.20. The zero-order valence-electron chi connectivity index (χ0n) is 13.1. The van der Waals surface area contributed by atoms with Crippen molar-refractivity contribution in [1.29, 1.82) is 0 Å². The first-order chi connectivity index (χ1) is 11.2. The number of aromatic amines is 1. The maximum atomic E-state index is 12.6. The van der Waals surface area contributed by atoms with E-state index in [0.717, 1.165) is 36.2 Å². The topological polar surface area (TPSA) is 66.8 Å². The van der Waals surface area contributed by atoms with Gasteiger partial charge in [0.15, 0.2) is 0 Å². The maximum Gasteiger partial charge on any atom is 0.274 e. The molecule has 1 amide bonds. The van der Waals surface area contributed by atoms with Gasteiger partial charge in [0.25, 0.3) is 5.91 Å². The predicted molar refractivity (Wildman–Crippen MR) is 87.2 cm³/mol. The minimum atomic E-state index is 0.00594. The fourth-order valence-corrected chi connectivity index (χ4v) is 3.24. The molecule has 1 N–H and O–H groups in total. The number of hydrogen-bond acceptors (Lipinski definition) is 3. The van der Waals surface area contributed by atoms with Crippen LogP contribution in [0, 0.1) is 0 Å². The number of imidazole rings is 1. The van der Waals surface area contributed by atoms with Crippen molar-refractivity contribution >= 4 is 16.9 Å². The third-order valence-electron chi connectivity index (χ3n) is 4.44. The van der Waals surface area contributed by atoms with Gasteiger partial charge >= 0.3 is 0 Å². The van der Waals surface area contributed by atoms with E-state index in [2.05, 4.69) is 10.1 Å². The van der Waals surface area contributed by atoms with Gasteiger partial charge in [0.2, 0.25) is 0 Å². The van der Waals surface area contributed by atoms with Crippen LogP contribution < -0.4 is 0 Å². The molecule has 23 heavy (non-hydrogen) atoms. The van der Waals surface area contributed by atoms with E-state index in [9.17, 15) is 4.79 Å². The number of nitrogens with zero attached hydrogens (tertiary/aromatic N) is 4. The fraction of sp³-hybridized carbons (Fsp3) is 0.353. The van der Waals surface area contributed by atoms with Crippen LogP contribution in [0.2, 0.25) is 0 Å². The molecular weight excluding hydrogens is 290 g/mol. The predicted octanol–water partition coefficient (Wildman–Crippen LogP) is 2.32. The Bertz CT molecular complexity index is 816. The van der Waals surface area contributed by atoms with Crippen LogP contribution in [0.3, 0.4) is 0 Å². The molecule has 6 heteroatoms. The van der Waals surface area contributed by atoms with Crippen molar-refractivity contribution in [3.8, 4) is 0 Å². The molecule has 3 aromatic rings. The molecule has 1 aromatic carbocycles. The van der Waals surface area contributed by atoms with Crippen LogP contribution in [0.1, 0.15) is 35.1 Å². The number of amides is 1. The second kappa shape index (κ2) is 5.53. The number of fused-ring (bicyclic) bond motifs is 1. The molecule has 0 radical (unpaired) electrons. The van der Waals surface area contributed by atoms with Crippen molar-refractivity contribution in [2.75, 3.05) is 13.1 Å². The van der Waals surface area contributed by atoms with Crippen molar-refractivity contribution in [2.24, 2.45) is 7.05 Å². The van der Waals surface area contributed by atoms with Crippen molar-refractivity contribution in [2.45, 2.75) is 18.8 Å². The summed E-state index contributed by atoms with van der Waals surface area (Å²) in [6.07, 6.45) is 3.83. The summed E-state index contributed by atoms with van der Waals surface area (Å²) >= 11 is 0. The minimum absolute atomic E-state index is 0.00594. The average molecular weight is 309 g/mol. The van der Waals surface area contributed by atoms with E-state index in [1.54, 1.807) is 16.9 Å². The largest absolute Gasteiger partial charge is 0.342 e. The van der Waals surface area contributed by atoms with Crippen LogP contribution in [-0.4, -0.2) is 43.6 Å². The van der Waals surface area contributed by atoms with Gasteiger partial charge in [0, 0.05) is 32.3 Å². The van der Waals surface area contributed by atoms with Gasteiger partial charge in [-0.1, -0.05) is 12.1 Å². The molecule has 6 nitrogen and oxygen atoms in total. The number of piperidine rings is 1. The highest BCUT2D eigenvalue weighted by Crippen LogP contribution is 2.27. The molecule has 1 atom stereocenters. The molecule has 0 spiro atoms. The third kappa shape index (κ3) is 2.60. The van der Waals surface area contributed by atoms with E-state index in [-0.39, 0.29) is 11.8 Å². The highest BCUT2D eigenvalue weighted by Gasteiger charge is 2.28. The summed E-state index contributed by atoms with van der Waals surface area (Å²) in [7, 11) is 1.82. The molecule has 0 bridgehead atoms. The minimum Gasteiger partial charge on any atom is -0.342 e. The van der Waals surface area contributed by atoms with Crippen molar-refractivity contribution in [3.63, 3.8) is 0 Å². The number of benzene rings is 1. The van der Waals surface area contributed by atoms with E-state index in [0.29, 0.717) is 12.2 Å². The second-order valence-electron chi connectivity index (χ2n) is 6.10. The van der Waals surface area contributed by atoms with E-state index in [1.807, 2.05) is 36.2 Å². The number of rotatable bonds is 2. The van der Waals surface area contributed by atoms with Crippen LogP contribution in [-0.2, 0) is 7.05 Å². The molecule has 4 rings (SSSR count). The first-order valence-corrected chi connectivity index (χ1v) is 7.94. The number of para-hydroxylation sites is 2. The SMILES string of the molecule is Cn1ccc(C(=O)N2CCCC(c3nc4ccccc4[nH]3)C2)n1. The summed E-state index contributed by atoms with van der Waals surface area (Å²) in [5.41, 5.74) is 2.55. The van der Waals surface area contributed by atoms with Crippen LogP contribution >= 0.6 is 0 Å². The Hall–Kier alpha value is -2.63. The zero-order valence-corrected chi connectivity index (χ0v) is 13.1. The summed E-state index contributed by atoms with van der Waals surface area (Å²) < 4.78 is 1.66. The lowest BCUT2D eigenvalue weighted by atomic mass is 9.97. The lowest BCUT2D eigenvalue weighted by molar-refractivity contribution is 0.0698. The number of hydrogen-bond donors (Lipinski definition) is 1. The van der Waals surface area contributed by atoms with Crippen molar-refractivity contribution in [1.82, 2.24) is 24.6 Å². The Labute approximate surface area is 134 Å². The lowest BCUT2D eigenvalue weighted by Crippen LogP contribution is -2.39. The molecule has 1 unspecified atom stereocenters. The van der Waals surface area contributed by atoms with E-state index in [4.69, 9.17) is 4.98 Å². The highest BCUT2D eigenvalue weighted by atomic mass is 16.2. The lowest BCUT2D eigenvalue weighted by Gasteiger charge is -2.31. The summed E-state index contributed by atoms with van der Waals surface area (Å²) in [4.78, 5) is 22.6. The number of likely N-dealkylation sites (tertiary alicyclic amines) is 1. The molecule has 1 aliphatic rings.